The number of hydrogen-bond acceptors (Lipinski definition) is 1. The number of rotatable bonds is 6. The quantitative estimate of drug-likeness (QED) is 0.622. The second-order valence-electron chi connectivity index (χ2n) is 4.73. The van der Waals surface area contributed by atoms with Gasteiger partial charge in [0, 0.05) is 55.3 Å². The van der Waals surface area contributed by atoms with Gasteiger partial charge in [0.25, 0.3) is 0 Å². The van der Waals surface area contributed by atoms with Crippen molar-refractivity contribution < 1.29 is 0 Å². The fourth-order valence-corrected chi connectivity index (χ4v) is 2.29. The molecule has 4 heteroatoms. The van der Waals surface area contributed by atoms with Gasteiger partial charge in [0.15, 0.2) is 0 Å². The molecule has 3 aromatic heterocycles. The van der Waals surface area contributed by atoms with E-state index in [0.29, 0.717) is 0 Å². The first-order chi connectivity index (χ1) is 9.40. The molecule has 0 saturated carbocycles. The number of aromatic nitrogens is 3. The normalized spacial score (nSPS) is 11.2. The van der Waals surface area contributed by atoms with Crippen LogP contribution in [0.3, 0.4) is 0 Å². The summed E-state index contributed by atoms with van der Waals surface area (Å²) in [5.74, 6) is 0. The van der Waals surface area contributed by atoms with E-state index in [2.05, 4.69) is 38.1 Å². The maximum absolute atomic E-state index is 3.26. The van der Waals surface area contributed by atoms with Gasteiger partial charge in [-0.05, 0) is 36.4 Å². The Morgan fingerprint density at radius 1 is 0.632 bits per heavy atom. The Hall–Kier alpha value is -2.20. The number of nitrogens with one attached hydrogen (secondary N) is 3. The Labute approximate surface area is 112 Å². The van der Waals surface area contributed by atoms with Crippen molar-refractivity contribution in [3.8, 4) is 0 Å². The van der Waals surface area contributed by atoms with Gasteiger partial charge in [-0.3, -0.25) is 4.90 Å². The van der Waals surface area contributed by atoms with E-state index < -0.39 is 0 Å². The molecule has 0 spiro atoms. The maximum Gasteiger partial charge on any atom is 0.0393 e. The highest BCUT2D eigenvalue weighted by molar-refractivity contribution is 5.08. The van der Waals surface area contributed by atoms with Gasteiger partial charge in [0.2, 0.25) is 0 Å². The van der Waals surface area contributed by atoms with E-state index >= 15 is 0 Å². The molecule has 0 radical (unpaired) electrons. The Morgan fingerprint density at radius 3 is 1.26 bits per heavy atom. The summed E-state index contributed by atoms with van der Waals surface area (Å²) in [6, 6.07) is 12.5. The van der Waals surface area contributed by atoms with Crippen LogP contribution in [0.25, 0.3) is 0 Å². The van der Waals surface area contributed by atoms with Gasteiger partial charge in [-0.1, -0.05) is 0 Å². The Morgan fingerprint density at radius 2 is 1.00 bits per heavy atom. The molecule has 0 aliphatic carbocycles. The van der Waals surface area contributed by atoms with E-state index in [9.17, 15) is 0 Å². The minimum absolute atomic E-state index is 0.908. The van der Waals surface area contributed by atoms with Gasteiger partial charge in [-0.25, -0.2) is 0 Å². The van der Waals surface area contributed by atoms with Gasteiger partial charge in [-0.15, -0.1) is 0 Å². The van der Waals surface area contributed by atoms with E-state index in [1.165, 1.54) is 17.1 Å². The van der Waals surface area contributed by atoms with Crippen molar-refractivity contribution in [1.29, 1.82) is 0 Å². The molecule has 3 heterocycles. The van der Waals surface area contributed by atoms with E-state index in [0.717, 1.165) is 19.6 Å². The number of nitrogens with zero attached hydrogens (tertiary/aromatic N) is 1. The van der Waals surface area contributed by atoms with Crippen LogP contribution in [0, 0.1) is 0 Å². The fraction of sp³-hybridized carbons (Fsp3) is 0.200. The van der Waals surface area contributed by atoms with Gasteiger partial charge < -0.3 is 15.0 Å². The summed E-state index contributed by atoms with van der Waals surface area (Å²) in [7, 11) is 0. The molecule has 0 aliphatic heterocycles. The molecule has 19 heavy (non-hydrogen) atoms. The van der Waals surface area contributed by atoms with Gasteiger partial charge in [-0.2, -0.15) is 0 Å². The van der Waals surface area contributed by atoms with Crippen molar-refractivity contribution in [2.24, 2.45) is 0 Å². The first-order valence-electron chi connectivity index (χ1n) is 6.49. The largest absolute Gasteiger partial charge is 0.364 e. The molecule has 0 bridgehead atoms. The molecular formula is C15H18N4. The topological polar surface area (TPSA) is 50.6 Å². The van der Waals surface area contributed by atoms with E-state index in [1.807, 2.05) is 36.8 Å². The molecular weight excluding hydrogens is 236 g/mol. The average Bonchev–Trinajstić information content (AvgIpc) is 3.10. The van der Waals surface area contributed by atoms with Crippen LogP contribution in [-0.4, -0.2) is 19.9 Å². The molecule has 4 nitrogen and oxygen atoms in total. The molecule has 3 N–H and O–H groups in total. The summed E-state index contributed by atoms with van der Waals surface area (Å²) in [6.07, 6.45) is 5.91. The predicted molar refractivity (Wildman–Crippen MR) is 75.3 cm³/mol. The molecule has 98 valence electrons. The molecule has 0 atom stereocenters. The SMILES string of the molecule is c1c[nH]c(CN(Cc2ccc[nH]2)Cc2ccc[nH]2)c1. The Balaban J connectivity index is 1.70. The fourth-order valence-electron chi connectivity index (χ4n) is 2.29. The lowest BCUT2D eigenvalue weighted by molar-refractivity contribution is 0.240. The van der Waals surface area contributed by atoms with E-state index in [1.54, 1.807) is 0 Å². The second-order valence-corrected chi connectivity index (χ2v) is 4.73. The zero-order chi connectivity index (χ0) is 12.9. The summed E-state index contributed by atoms with van der Waals surface area (Å²) in [5, 5.41) is 0. The highest BCUT2D eigenvalue weighted by atomic mass is 15.1. The molecule has 3 rings (SSSR count). The highest BCUT2D eigenvalue weighted by Crippen LogP contribution is 2.11. The van der Waals surface area contributed by atoms with Crippen LogP contribution in [0.4, 0.5) is 0 Å². The molecule has 0 aliphatic rings. The minimum Gasteiger partial charge on any atom is -0.364 e. The summed E-state index contributed by atoms with van der Waals surface area (Å²) in [5.41, 5.74) is 3.70. The average molecular weight is 254 g/mol. The molecule has 3 aromatic rings. The van der Waals surface area contributed by atoms with E-state index in [-0.39, 0.29) is 0 Å². The monoisotopic (exact) mass is 254 g/mol. The third-order valence-electron chi connectivity index (χ3n) is 3.17. The third-order valence-corrected chi connectivity index (χ3v) is 3.17. The zero-order valence-corrected chi connectivity index (χ0v) is 10.8. The first-order valence-corrected chi connectivity index (χ1v) is 6.49. The molecule has 0 aromatic carbocycles. The maximum atomic E-state index is 3.26. The third kappa shape index (κ3) is 3.17. The van der Waals surface area contributed by atoms with Crippen molar-refractivity contribution in [1.82, 2.24) is 19.9 Å². The van der Waals surface area contributed by atoms with Crippen molar-refractivity contribution in [3.05, 3.63) is 72.1 Å². The number of aromatic amines is 3. The predicted octanol–water partition coefficient (Wildman–Crippen LogP) is 2.87. The van der Waals surface area contributed by atoms with Crippen LogP contribution in [0.1, 0.15) is 17.1 Å². The Kier molecular flexibility index (Phi) is 3.51. The van der Waals surface area contributed by atoms with Crippen molar-refractivity contribution in [2.75, 3.05) is 0 Å². The van der Waals surface area contributed by atoms with Gasteiger partial charge in [0.1, 0.15) is 0 Å². The van der Waals surface area contributed by atoms with Crippen LogP contribution >= 0.6 is 0 Å². The zero-order valence-electron chi connectivity index (χ0n) is 10.8. The molecule has 0 amide bonds. The lowest BCUT2D eigenvalue weighted by atomic mass is 10.3. The van der Waals surface area contributed by atoms with Crippen LogP contribution in [0.5, 0.6) is 0 Å². The summed E-state index contributed by atoms with van der Waals surface area (Å²) in [6.45, 7) is 2.72. The number of hydrogen-bond donors (Lipinski definition) is 3. The van der Waals surface area contributed by atoms with E-state index in [4.69, 9.17) is 0 Å². The summed E-state index contributed by atoms with van der Waals surface area (Å²) < 4.78 is 0. The summed E-state index contributed by atoms with van der Waals surface area (Å²) in [4.78, 5) is 12.2. The van der Waals surface area contributed by atoms with Crippen LogP contribution in [0.2, 0.25) is 0 Å². The lowest BCUT2D eigenvalue weighted by Gasteiger charge is -2.20. The van der Waals surface area contributed by atoms with Crippen LogP contribution in [-0.2, 0) is 19.6 Å². The standard InChI is InChI=1S/C15H18N4/c1-4-13(16-7-1)10-19(11-14-5-2-8-17-14)12-15-6-3-9-18-15/h1-9,16-18H,10-12H2. The highest BCUT2D eigenvalue weighted by Gasteiger charge is 2.09. The summed E-state index contributed by atoms with van der Waals surface area (Å²) >= 11 is 0. The smallest absolute Gasteiger partial charge is 0.0393 e. The molecule has 0 unspecified atom stereocenters. The Bertz CT molecular complexity index is 478. The minimum atomic E-state index is 0.908. The van der Waals surface area contributed by atoms with Crippen molar-refractivity contribution in [3.63, 3.8) is 0 Å². The second kappa shape index (κ2) is 5.63. The molecule has 0 saturated heterocycles. The molecule has 0 fully saturated rings. The van der Waals surface area contributed by atoms with Gasteiger partial charge in [0.05, 0.1) is 0 Å². The van der Waals surface area contributed by atoms with Crippen molar-refractivity contribution >= 4 is 0 Å². The lowest BCUT2D eigenvalue weighted by Crippen LogP contribution is -2.23. The first kappa shape index (κ1) is 11.9. The van der Waals surface area contributed by atoms with Gasteiger partial charge >= 0.3 is 0 Å². The van der Waals surface area contributed by atoms with Crippen LogP contribution in [0.15, 0.2) is 55.0 Å². The van der Waals surface area contributed by atoms with Crippen molar-refractivity contribution in [2.45, 2.75) is 19.6 Å². The van der Waals surface area contributed by atoms with Crippen LogP contribution < -0.4 is 0 Å². The number of H-pyrrole nitrogens is 3.